The Morgan fingerprint density at radius 3 is 3.11 bits per heavy atom. The molecular formula is C14H24N4. The summed E-state index contributed by atoms with van der Waals surface area (Å²) in [6.45, 7) is 6.26. The number of nitrogens with zero attached hydrogens (tertiary/aromatic N) is 3. The smallest absolute Gasteiger partial charge is 0.128 e. The van der Waals surface area contributed by atoms with Crippen molar-refractivity contribution in [2.24, 2.45) is 5.73 Å². The summed E-state index contributed by atoms with van der Waals surface area (Å²) in [5.41, 5.74) is 6.82. The molecule has 0 radical (unpaired) electrons. The summed E-state index contributed by atoms with van der Waals surface area (Å²) in [7, 11) is 2.12. The van der Waals surface area contributed by atoms with Crippen molar-refractivity contribution in [2.45, 2.75) is 32.4 Å². The van der Waals surface area contributed by atoms with Crippen molar-refractivity contribution in [3.63, 3.8) is 0 Å². The molecule has 1 aromatic heterocycles. The van der Waals surface area contributed by atoms with Gasteiger partial charge in [-0.1, -0.05) is 6.92 Å². The van der Waals surface area contributed by atoms with Crippen LogP contribution in [0.1, 0.15) is 25.3 Å². The minimum Gasteiger partial charge on any atom is -0.358 e. The van der Waals surface area contributed by atoms with Gasteiger partial charge in [0.2, 0.25) is 0 Å². The van der Waals surface area contributed by atoms with Gasteiger partial charge < -0.3 is 10.6 Å². The third kappa shape index (κ3) is 3.00. The highest BCUT2D eigenvalue weighted by molar-refractivity contribution is 5.40. The molecule has 2 heterocycles. The van der Waals surface area contributed by atoms with Crippen LogP contribution in [-0.2, 0) is 6.54 Å². The number of nitrogens with two attached hydrogens (primary N) is 1. The number of anilines is 1. The van der Waals surface area contributed by atoms with Crippen LogP contribution >= 0.6 is 0 Å². The lowest BCUT2D eigenvalue weighted by atomic mass is 10.2. The number of likely N-dealkylation sites (tertiary alicyclic amines) is 1. The van der Waals surface area contributed by atoms with Crippen LogP contribution in [0.3, 0.4) is 0 Å². The second-order valence-electron chi connectivity index (χ2n) is 5.03. The van der Waals surface area contributed by atoms with E-state index in [1.54, 1.807) is 0 Å². The predicted octanol–water partition coefficient (Wildman–Crippen LogP) is 1.46. The summed E-state index contributed by atoms with van der Waals surface area (Å²) in [6, 6.07) is 4.74. The van der Waals surface area contributed by atoms with Crippen molar-refractivity contribution < 1.29 is 0 Å². The summed E-state index contributed by atoms with van der Waals surface area (Å²) < 4.78 is 0. The number of aromatic nitrogens is 1. The zero-order valence-electron chi connectivity index (χ0n) is 11.5. The summed E-state index contributed by atoms with van der Waals surface area (Å²) in [4.78, 5) is 9.24. The Kier molecular flexibility index (Phi) is 4.55. The quantitative estimate of drug-likeness (QED) is 0.857. The Bertz CT molecular complexity index is 380. The van der Waals surface area contributed by atoms with E-state index in [4.69, 9.17) is 5.73 Å². The van der Waals surface area contributed by atoms with Gasteiger partial charge in [-0.05, 0) is 43.6 Å². The van der Waals surface area contributed by atoms with E-state index in [-0.39, 0.29) is 0 Å². The van der Waals surface area contributed by atoms with Gasteiger partial charge in [0.05, 0.1) is 0 Å². The second-order valence-corrected chi connectivity index (χ2v) is 5.03. The van der Waals surface area contributed by atoms with Gasteiger partial charge in [-0.3, -0.25) is 4.90 Å². The fraction of sp³-hybridized carbons (Fsp3) is 0.643. The lowest BCUT2D eigenvalue weighted by Gasteiger charge is -2.28. The van der Waals surface area contributed by atoms with E-state index in [1.165, 1.54) is 19.4 Å². The molecule has 1 fully saturated rings. The van der Waals surface area contributed by atoms with E-state index in [2.05, 4.69) is 34.8 Å². The lowest BCUT2D eigenvalue weighted by Crippen LogP contribution is -2.39. The summed E-state index contributed by atoms with van der Waals surface area (Å²) in [5, 5.41) is 0. The highest BCUT2D eigenvalue weighted by atomic mass is 15.2. The third-order valence-electron chi connectivity index (χ3n) is 3.83. The molecule has 1 aliphatic heterocycles. The van der Waals surface area contributed by atoms with Gasteiger partial charge in [0.25, 0.3) is 0 Å². The molecule has 0 spiro atoms. The van der Waals surface area contributed by atoms with E-state index >= 15 is 0 Å². The van der Waals surface area contributed by atoms with Crippen LogP contribution in [0.5, 0.6) is 0 Å². The molecule has 100 valence electrons. The Morgan fingerprint density at radius 2 is 2.39 bits per heavy atom. The summed E-state index contributed by atoms with van der Waals surface area (Å²) >= 11 is 0. The average molecular weight is 248 g/mol. The molecule has 18 heavy (non-hydrogen) atoms. The summed E-state index contributed by atoms with van der Waals surface area (Å²) in [6.07, 6.45) is 4.47. The van der Waals surface area contributed by atoms with E-state index in [0.717, 1.165) is 24.5 Å². The molecule has 1 atom stereocenters. The SMILES string of the molecule is CCN1CCCC1CN(C)c1cc(CN)ccn1. The van der Waals surface area contributed by atoms with Crippen molar-refractivity contribution in [3.05, 3.63) is 23.9 Å². The van der Waals surface area contributed by atoms with Gasteiger partial charge in [0, 0.05) is 32.4 Å². The molecular weight excluding hydrogens is 224 g/mol. The molecule has 4 nitrogen and oxygen atoms in total. The van der Waals surface area contributed by atoms with Gasteiger partial charge in [0.15, 0.2) is 0 Å². The largest absolute Gasteiger partial charge is 0.358 e. The maximum absolute atomic E-state index is 5.67. The fourth-order valence-electron chi connectivity index (χ4n) is 2.72. The standard InChI is InChI=1S/C14H24N4/c1-3-18-8-4-5-13(18)11-17(2)14-9-12(10-15)6-7-16-14/h6-7,9,13H,3-5,8,10-11,15H2,1-2H3. The maximum atomic E-state index is 5.67. The molecule has 1 aromatic rings. The van der Waals surface area contributed by atoms with Crippen LogP contribution in [0, 0.1) is 0 Å². The van der Waals surface area contributed by atoms with Gasteiger partial charge in [0.1, 0.15) is 5.82 Å². The van der Waals surface area contributed by atoms with E-state index in [1.807, 2.05) is 12.3 Å². The molecule has 0 bridgehead atoms. The van der Waals surface area contributed by atoms with Crippen LogP contribution in [0.25, 0.3) is 0 Å². The van der Waals surface area contributed by atoms with Crippen molar-refractivity contribution in [1.82, 2.24) is 9.88 Å². The number of likely N-dealkylation sites (N-methyl/N-ethyl adjacent to an activating group) is 2. The Labute approximate surface area is 110 Å². The minimum absolute atomic E-state index is 0.577. The molecule has 2 rings (SSSR count). The van der Waals surface area contributed by atoms with Gasteiger partial charge >= 0.3 is 0 Å². The fourth-order valence-corrected chi connectivity index (χ4v) is 2.72. The molecule has 4 heteroatoms. The molecule has 1 aliphatic rings. The molecule has 0 saturated carbocycles. The molecule has 1 unspecified atom stereocenters. The minimum atomic E-state index is 0.577. The van der Waals surface area contributed by atoms with Crippen LogP contribution in [0.4, 0.5) is 5.82 Å². The molecule has 1 saturated heterocycles. The van der Waals surface area contributed by atoms with Crippen molar-refractivity contribution >= 4 is 5.82 Å². The topological polar surface area (TPSA) is 45.4 Å². The third-order valence-corrected chi connectivity index (χ3v) is 3.83. The molecule has 0 aliphatic carbocycles. The first-order valence-corrected chi connectivity index (χ1v) is 6.84. The number of pyridine rings is 1. The van der Waals surface area contributed by atoms with Crippen molar-refractivity contribution in [3.8, 4) is 0 Å². The maximum Gasteiger partial charge on any atom is 0.128 e. The van der Waals surface area contributed by atoms with Crippen LogP contribution < -0.4 is 10.6 Å². The zero-order chi connectivity index (χ0) is 13.0. The van der Waals surface area contributed by atoms with Crippen molar-refractivity contribution in [2.75, 3.05) is 31.6 Å². The molecule has 0 amide bonds. The molecule has 0 aromatic carbocycles. The normalized spacial score (nSPS) is 20.3. The predicted molar refractivity (Wildman–Crippen MR) is 75.7 cm³/mol. The lowest BCUT2D eigenvalue weighted by molar-refractivity contribution is 0.270. The monoisotopic (exact) mass is 248 g/mol. The number of hydrogen-bond donors (Lipinski definition) is 1. The first-order valence-electron chi connectivity index (χ1n) is 6.84. The van der Waals surface area contributed by atoms with E-state index in [0.29, 0.717) is 12.6 Å². The van der Waals surface area contributed by atoms with Gasteiger partial charge in [-0.25, -0.2) is 4.98 Å². The highest BCUT2D eigenvalue weighted by Crippen LogP contribution is 2.19. The first-order chi connectivity index (χ1) is 8.74. The van der Waals surface area contributed by atoms with Crippen LogP contribution in [0.15, 0.2) is 18.3 Å². The number of rotatable bonds is 5. The van der Waals surface area contributed by atoms with E-state index < -0.39 is 0 Å². The van der Waals surface area contributed by atoms with E-state index in [9.17, 15) is 0 Å². The van der Waals surface area contributed by atoms with Crippen molar-refractivity contribution in [1.29, 1.82) is 0 Å². The molecule has 2 N–H and O–H groups in total. The second kappa shape index (κ2) is 6.16. The Balaban J connectivity index is 2.00. The van der Waals surface area contributed by atoms with Crippen LogP contribution in [0.2, 0.25) is 0 Å². The van der Waals surface area contributed by atoms with Gasteiger partial charge in [-0.15, -0.1) is 0 Å². The van der Waals surface area contributed by atoms with Gasteiger partial charge in [-0.2, -0.15) is 0 Å². The highest BCUT2D eigenvalue weighted by Gasteiger charge is 2.24. The Morgan fingerprint density at radius 1 is 1.56 bits per heavy atom. The first kappa shape index (κ1) is 13.3. The van der Waals surface area contributed by atoms with Crippen LogP contribution in [-0.4, -0.2) is 42.6 Å². The zero-order valence-corrected chi connectivity index (χ0v) is 11.5. The average Bonchev–Trinajstić information content (AvgIpc) is 2.86. The Hall–Kier alpha value is -1.13. The summed E-state index contributed by atoms with van der Waals surface area (Å²) in [5.74, 6) is 1.03. The number of hydrogen-bond acceptors (Lipinski definition) is 4.